The van der Waals surface area contributed by atoms with Crippen LogP contribution in [0.2, 0.25) is 0 Å². The van der Waals surface area contributed by atoms with Crippen molar-refractivity contribution in [3.63, 3.8) is 0 Å². The summed E-state index contributed by atoms with van der Waals surface area (Å²) in [6.07, 6.45) is 4.05. The number of hydrogen-bond donors (Lipinski definition) is 2. The van der Waals surface area contributed by atoms with Gasteiger partial charge >= 0.3 is 0 Å². The standard InChI is InChI=1S/C58H60N8O2/c1-5-63(6-2)53(35-15-11-9-12-16-35)57(67)65-49-31-43(49)33-51(65)55-59-45-25-23-41(29-47(45)61-55)39-21-19-38-28-40(22-20-37(38)27-39)42-24-26-46-48(30-42)62-56(60-46)52-34-44-32-50(44)66(52)58(68)54(64(7-3)8-4)36-17-13-10-14-18-36/h9-30,43-44,49-54H,5-8,31-34H2,1-4H3,(H,59,61)(H,60,62)/t43-,44-,49-,50-,51+,52+,53-,54?/m1/s1. The molecule has 4 aliphatic rings. The molecule has 8 aromatic rings. The second-order valence-corrected chi connectivity index (χ2v) is 19.7. The molecule has 10 nitrogen and oxygen atoms in total. The Kier molecular flexibility index (Phi) is 10.8. The molecule has 6 aromatic carbocycles. The Morgan fingerprint density at radius 2 is 0.897 bits per heavy atom. The van der Waals surface area contributed by atoms with Gasteiger partial charge in [0.05, 0.1) is 34.2 Å². The molecule has 2 saturated carbocycles. The molecule has 68 heavy (non-hydrogen) atoms. The lowest BCUT2D eigenvalue weighted by atomic mass is 9.97. The molecule has 4 heterocycles. The number of aromatic nitrogens is 4. The van der Waals surface area contributed by atoms with E-state index in [0.29, 0.717) is 11.8 Å². The van der Waals surface area contributed by atoms with Gasteiger partial charge in [-0.05, 0) is 144 Å². The summed E-state index contributed by atoms with van der Waals surface area (Å²) in [5.74, 6) is 3.21. The molecule has 0 radical (unpaired) electrons. The number of amides is 2. The van der Waals surface area contributed by atoms with Crippen molar-refractivity contribution >= 4 is 44.7 Å². The van der Waals surface area contributed by atoms with Crippen LogP contribution in [0, 0.1) is 11.8 Å². The molecule has 0 spiro atoms. The van der Waals surface area contributed by atoms with Gasteiger partial charge in [0.2, 0.25) is 11.8 Å². The van der Waals surface area contributed by atoms with Crippen LogP contribution in [0.4, 0.5) is 0 Å². The predicted octanol–water partition coefficient (Wildman–Crippen LogP) is 11.4. The molecule has 1 unspecified atom stereocenters. The van der Waals surface area contributed by atoms with Gasteiger partial charge in [0, 0.05) is 12.1 Å². The average molecular weight is 901 g/mol. The number of carbonyl (C=O) groups excluding carboxylic acids is 2. The van der Waals surface area contributed by atoms with Crippen molar-refractivity contribution in [3.8, 4) is 22.3 Å². The number of likely N-dealkylation sites (N-methyl/N-ethyl adjacent to an activating group) is 2. The molecule has 2 amide bonds. The molecular formula is C58H60N8O2. The van der Waals surface area contributed by atoms with Crippen molar-refractivity contribution < 1.29 is 9.59 Å². The zero-order chi connectivity index (χ0) is 46.2. The van der Waals surface area contributed by atoms with Crippen molar-refractivity contribution in [1.82, 2.24) is 39.5 Å². The van der Waals surface area contributed by atoms with E-state index < -0.39 is 0 Å². The maximum atomic E-state index is 14.6. The van der Waals surface area contributed by atoms with Crippen LogP contribution < -0.4 is 0 Å². The van der Waals surface area contributed by atoms with E-state index in [9.17, 15) is 9.59 Å². The number of rotatable bonds is 14. The number of aromatic amines is 2. The lowest BCUT2D eigenvalue weighted by molar-refractivity contribution is -0.140. The van der Waals surface area contributed by atoms with E-state index in [0.717, 1.165) is 119 Å². The van der Waals surface area contributed by atoms with Crippen LogP contribution in [0.25, 0.3) is 55.1 Å². The molecule has 12 rings (SSSR count). The minimum absolute atomic E-state index is 0.0653. The molecule has 2 aliphatic heterocycles. The van der Waals surface area contributed by atoms with Crippen molar-refractivity contribution in [1.29, 1.82) is 0 Å². The van der Waals surface area contributed by atoms with Crippen LogP contribution in [0.5, 0.6) is 0 Å². The monoisotopic (exact) mass is 900 g/mol. The second kappa shape index (κ2) is 17.2. The smallest absolute Gasteiger partial charge is 0.245 e. The Morgan fingerprint density at radius 1 is 0.515 bits per heavy atom. The molecular weight excluding hydrogens is 841 g/mol. The number of H-pyrrole nitrogens is 2. The first-order valence-corrected chi connectivity index (χ1v) is 25.1. The third-order valence-corrected chi connectivity index (χ3v) is 15.9. The first kappa shape index (κ1) is 42.7. The van der Waals surface area contributed by atoms with E-state index in [-0.39, 0.29) is 48.1 Å². The summed E-state index contributed by atoms with van der Waals surface area (Å²) < 4.78 is 0. The van der Waals surface area contributed by atoms with E-state index in [1.165, 1.54) is 10.8 Å². The van der Waals surface area contributed by atoms with Gasteiger partial charge in [0.1, 0.15) is 23.7 Å². The number of nitrogens with one attached hydrogen (secondary N) is 2. The Balaban J connectivity index is 0.780. The Bertz CT molecular complexity index is 2960. The molecule has 4 fully saturated rings. The molecule has 8 atom stereocenters. The zero-order valence-corrected chi connectivity index (χ0v) is 39.5. The van der Waals surface area contributed by atoms with Crippen molar-refractivity contribution in [3.05, 3.63) is 156 Å². The SMILES string of the molecule is CCN(CC)C(C(=O)N1[C@@H]2C[C@@H]2C[C@H]1c1nc2ccc(-c3ccc4cc(-c5ccc6nc([C@@H]7C[C@H]8C[C@H]8N7C(=O)[C@@H](c7ccccc7)N(CC)CC)[nH]c6c5)ccc4c3)cc2[nH]1)c1ccccc1. The van der Waals surface area contributed by atoms with Gasteiger partial charge in [0.25, 0.3) is 0 Å². The molecule has 2 saturated heterocycles. The number of fused-ring (bicyclic) bond motifs is 5. The van der Waals surface area contributed by atoms with Gasteiger partial charge in [-0.3, -0.25) is 19.4 Å². The summed E-state index contributed by atoms with van der Waals surface area (Å²) in [4.78, 5) is 55.8. The summed E-state index contributed by atoms with van der Waals surface area (Å²) >= 11 is 0. The third-order valence-electron chi connectivity index (χ3n) is 15.9. The Hall–Kier alpha value is -6.62. The first-order valence-electron chi connectivity index (χ1n) is 25.1. The number of nitrogens with zero attached hydrogens (tertiary/aromatic N) is 6. The fourth-order valence-electron chi connectivity index (χ4n) is 12.1. The largest absolute Gasteiger partial charge is 0.340 e. The normalized spacial score (nSPS) is 22.6. The molecule has 344 valence electrons. The summed E-state index contributed by atoms with van der Waals surface area (Å²) in [7, 11) is 0. The van der Waals surface area contributed by atoms with Crippen molar-refractivity contribution in [2.24, 2.45) is 11.8 Å². The van der Waals surface area contributed by atoms with Crippen molar-refractivity contribution in [2.75, 3.05) is 26.2 Å². The highest BCUT2D eigenvalue weighted by Crippen LogP contribution is 2.55. The van der Waals surface area contributed by atoms with Crippen LogP contribution in [0.1, 0.15) is 100 Å². The average Bonchev–Trinajstić information content (AvgIpc) is 4.04. The Labute approximate surface area is 398 Å². The highest BCUT2D eigenvalue weighted by molar-refractivity contribution is 5.93. The number of imidazole rings is 2. The van der Waals surface area contributed by atoms with Gasteiger partial charge in [-0.25, -0.2) is 9.97 Å². The molecule has 2 aromatic heterocycles. The maximum absolute atomic E-state index is 14.6. The van der Waals surface area contributed by atoms with E-state index in [1.54, 1.807) is 0 Å². The molecule has 2 N–H and O–H groups in total. The van der Waals surface area contributed by atoms with Crippen LogP contribution in [-0.2, 0) is 9.59 Å². The quantitative estimate of drug-likeness (QED) is 0.113. The van der Waals surface area contributed by atoms with Gasteiger partial charge in [0.15, 0.2) is 0 Å². The van der Waals surface area contributed by atoms with Crippen LogP contribution >= 0.6 is 0 Å². The summed E-state index contributed by atoms with van der Waals surface area (Å²) in [6.45, 7) is 11.8. The summed E-state index contributed by atoms with van der Waals surface area (Å²) in [6, 6.07) is 46.7. The van der Waals surface area contributed by atoms with Gasteiger partial charge < -0.3 is 19.8 Å². The minimum Gasteiger partial charge on any atom is -0.340 e. The highest BCUT2D eigenvalue weighted by Gasteiger charge is 2.57. The third kappa shape index (κ3) is 7.40. The molecule has 10 heteroatoms. The van der Waals surface area contributed by atoms with E-state index in [4.69, 9.17) is 9.97 Å². The highest BCUT2D eigenvalue weighted by atomic mass is 16.2. The lowest BCUT2D eigenvalue weighted by Gasteiger charge is -2.35. The second-order valence-electron chi connectivity index (χ2n) is 19.7. The van der Waals surface area contributed by atoms with Crippen LogP contribution in [0.15, 0.2) is 133 Å². The number of likely N-dealkylation sites (tertiary alicyclic amines) is 2. The van der Waals surface area contributed by atoms with E-state index in [2.05, 4.69) is 154 Å². The predicted molar refractivity (Wildman–Crippen MR) is 271 cm³/mol. The summed E-state index contributed by atoms with van der Waals surface area (Å²) in [5, 5.41) is 2.34. The number of piperidine rings is 2. The maximum Gasteiger partial charge on any atom is 0.245 e. The lowest BCUT2D eigenvalue weighted by Crippen LogP contribution is -2.44. The van der Waals surface area contributed by atoms with E-state index >= 15 is 0 Å². The zero-order valence-electron chi connectivity index (χ0n) is 39.5. The van der Waals surface area contributed by atoms with Gasteiger partial charge in [-0.1, -0.05) is 125 Å². The molecule has 0 bridgehead atoms. The Morgan fingerprint density at radius 3 is 1.29 bits per heavy atom. The van der Waals surface area contributed by atoms with Crippen LogP contribution in [-0.4, -0.2) is 89.6 Å². The number of benzene rings is 6. The van der Waals surface area contributed by atoms with Gasteiger partial charge in [-0.2, -0.15) is 0 Å². The number of carbonyl (C=O) groups is 2. The number of hydrogen-bond acceptors (Lipinski definition) is 6. The topological polar surface area (TPSA) is 104 Å². The van der Waals surface area contributed by atoms with Crippen molar-refractivity contribution in [2.45, 2.75) is 89.6 Å². The van der Waals surface area contributed by atoms with Gasteiger partial charge in [-0.15, -0.1) is 0 Å². The molecule has 2 aliphatic carbocycles. The fraction of sp³-hybridized carbons (Fsp3) is 0.345. The summed E-state index contributed by atoms with van der Waals surface area (Å²) in [5.41, 5.74) is 10.4. The minimum atomic E-state index is -0.309. The first-order chi connectivity index (χ1) is 33.3. The fourth-order valence-corrected chi connectivity index (χ4v) is 12.1. The van der Waals surface area contributed by atoms with E-state index in [1.807, 2.05) is 36.4 Å². The van der Waals surface area contributed by atoms with Crippen LogP contribution in [0.3, 0.4) is 0 Å².